The SMILES string of the molecule is CC/C=C\C/C=C\C/C=C\C/C=C\C/C=C\C/C=C\C/C=C\C/C=C\C/C=C\CCCCCCCCCCCC(=O)OC(COC(=O)CCCCCCC/C=C\C/C=C\CCCCC)COP(=O)(O)OCC[N+](C)(C)C. The van der Waals surface area contributed by atoms with Gasteiger partial charge in [0.2, 0.25) is 0 Å². The number of unbranched alkanes of at least 4 members (excludes halogenated alkanes) is 17. The van der Waals surface area contributed by atoms with Gasteiger partial charge in [-0.3, -0.25) is 18.6 Å². The second-order valence-electron chi connectivity index (χ2n) is 20.6. The monoisotopic (exact) mass is 1080 g/mol. The van der Waals surface area contributed by atoms with Gasteiger partial charge in [0.1, 0.15) is 19.8 Å². The van der Waals surface area contributed by atoms with Crippen LogP contribution in [0, 0.1) is 0 Å². The smallest absolute Gasteiger partial charge is 0.462 e. The fourth-order valence-electron chi connectivity index (χ4n) is 7.57. The second kappa shape index (κ2) is 55.9. The summed E-state index contributed by atoms with van der Waals surface area (Å²) in [6.45, 7) is 4.25. The predicted molar refractivity (Wildman–Crippen MR) is 325 cm³/mol. The van der Waals surface area contributed by atoms with Gasteiger partial charge in [-0.2, -0.15) is 0 Å². The maximum absolute atomic E-state index is 12.8. The molecule has 2 unspecified atom stereocenters. The highest BCUT2D eigenvalue weighted by Crippen LogP contribution is 2.43. The third-order valence-corrected chi connectivity index (χ3v) is 13.1. The number of rotatable bonds is 53. The molecule has 0 aliphatic rings. The number of ether oxygens (including phenoxy) is 2. The lowest BCUT2D eigenvalue weighted by Gasteiger charge is -2.24. The van der Waals surface area contributed by atoms with E-state index in [2.05, 4.69) is 148 Å². The van der Waals surface area contributed by atoms with Gasteiger partial charge in [0.05, 0.1) is 27.7 Å². The van der Waals surface area contributed by atoms with Crippen LogP contribution < -0.4 is 0 Å². The van der Waals surface area contributed by atoms with Crippen molar-refractivity contribution in [3.63, 3.8) is 0 Å². The zero-order valence-electron chi connectivity index (χ0n) is 48.9. The minimum atomic E-state index is -4.40. The lowest BCUT2D eigenvalue weighted by atomic mass is 10.1. The van der Waals surface area contributed by atoms with Crippen molar-refractivity contribution in [2.24, 2.45) is 0 Å². The molecule has 2 atom stereocenters. The first kappa shape index (κ1) is 72.2. The second-order valence-corrected chi connectivity index (χ2v) is 22.1. The highest BCUT2D eigenvalue weighted by molar-refractivity contribution is 7.47. The van der Waals surface area contributed by atoms with Crippen molar-refractivity contribution in [1.29, 1.82) is 0 Å². The fourth-order valence-corrected chi connectivity index (χ4v) is 8.31. The molecule has 0 bridgehead atoms. The zero-order valence-corrected chi connectivity index (χ0v) is 49.8. The molecular weight excluding hydrogens is 966 g/mol. The Morgan fingerprint density at radius 3 is 1.12 bits per heavy atom. The van der Waals surface area contributed by atoms with E-state index in [0.717, 1.165) is 122 Å². The molecular formula is C66H111NO8P+. The van der Waals surface area contributed by atoms with Crippen molar-refractivity contribution >= 4 is 19.8 Å². The Morgan fingerprint density at radius 1 is 0.421 bits per heavy atom. The Balaban J connectivity index is 4.15. The molecule has 0 rings (SSSR count). The molecule has 1 N–H and O–H groups in total. The standard InChI is InChI=1S/C66H110NO8P/c1-6-8-10-12-14-16-18-20-22-23-24-25-26-27-28-29-30-31-32-33-34-35-36-37-38-39-40-41-42-43-45-47-49-51-53-55-57-59-66(69)75-64(63-74-76(70,71)73-61-60-67(3,4)5)62-72-65(68)58-56-54-52-50-48-46-44-21-19-17-15-13-11-9-7-2/h8,10,14-17,20-22,24-25,27-28,30-31,33-34,36-37,39-40,44,64H,6-7,9,11-13,18-19,23,26,29,32,35,38,41-43,45-63H2,1-5H3/p+1/b10-8-,16-14-,17-15-,22-20-,25-24-,28-27-,31-30-,34-33-,37-36-,40-39-,44-21-. The van der Waals surface area contributed by atoms with Gasteiger partial charge in [0.25, 0.3) is 0 Å². The molecule has 0 heterocycles. The Morgan fingerprint density at radius 2 is 0.750 bits per heavy atom. The number of allylic oxidation sites excluding steroid dienone is 22. The summed E-state index contributed by atoms with van der Waals surface area (Å²) in [7, 11) is 1.45. The van der Waals surface area contributed by atoms with E-state index < -0.39 is 26.5 Å². The van der Waals surface area contributed by atoms with E-state index in [9.17, 15) is 19.0 Å². The number of likely N-dealkylation sites (N-methyl/N-ethyl adjacent to an activating group) is 1. The molecule has 0 aliphatic heterocycles. The molecule has 432 valence electrons. The lowest BCUT2D eigenvalue weighted by Crippen LogP contribution is -2.37. The highest BCUT2D eigenvalue weighted by Gasteiger charge is 2.27. The summed E-state index contributed by atoms with van der Waals surface area (Å²) in [6, 6.07) is 0. The summed E-state index contributed by atoms with van der Waals surface area (Å²) in [5, 5.41) is 0. The number of phosphoric acid groups is 1. The number of carbonyl (C=O) groups excluding carboxylic acids is 2. The van der Waals surface area contributed by atoms with E-state index in [1.807, 2.05) is 21.1 Å². The summed E-state index contributed by atoms with van der Waals surface area (Å²) >= 11 is 0. The highest BCUT2D eigenvalue weighted by atomic mass is 31.2. The van der Waals surface area contributed by atoms with E-state index in [1.54, 1.807) is 0 Å². The predicted octanol–water partition coefficient (Wildman–Crippen LogP) is 18.9. The number of nitrogens with zero attached hydrogens (tertiary/aromatic N) is 1. The lowest BCUT2D eigenvalue weighted by molar-refractivity contribution is -0.870. The van der Waals surface area contributed by atoms with Crippen LogP contribution in [0.4, 0.5) is 0 Å². The first-order chi connectivity index (χ1) is 37.0. The molecule has 10 heteroatoms. The fraction of sp³-hybridized carbons (Fsp3) is 0.636. The summed E-state index contributed by atoms with van der Waals surface area (Å²) in [4.78, 5) is 35.6. The van der Waals surface area contributed by atoms with Gasteiger partial charge in [0.15, 0.2) is 6.10 Å². The van der Waals surface area contributed by atoms with Gasteiger partial charge in [-0.1, -0.05) is 225 Å². The molecule has 76 heavy (non-hydrogen) atoms. The first-order valence-electron chi connectivity index (χ1n) is 29.9. The van der Waals surface area contributed by atoms with Crippen LogP contribution in [0.1, 0.15) is 219 Å². The van der Waals surface area contributed by atoms with Crippen LogP contribution >= 0.6 is 7.82 Å². The Bertz CT molecular complexity index is 1740. The molecule has 0 amide bonds. The van der Waals surface area contributed by atoms with Gasteiger partial charge in [0, 0.05) is 12.8 Å². The van der Waals surface area contributed by atoms with Crippen LogP contribution in [-0.2, 0) is 32.7 Å². The number of hydrogen-bond donors (Lipinski definition) is 1. The molecule has 0 aliphatic carbocycles. The normalized spacial score (nSPS) is 14.2. The molecule has 0 saturated heterocycles. The third-order valence-electron chi connectivity index (χ3n) is 12.2. The molecule has 0 saturated carbocycles. The average molecular weight is 1080 g/mol. The molecule has 0 aromatic carbocycles. The topological polar surface area (TPSA) is 108 Å². The number of carbonyl (C=O) groups is 2. The first-order valence-corrected chi connectivity index (χ1v) is 31.4. The molecule has 0 radical (unpaired) electrons. The minimum absolute atomic E-state index is 0.0215. The van der Waals surface area contributed by atoms with E-state index in [1.165, 1.54) is 57.8 Å². The Hall–Kier alpha value is -3.85. The van der Waals surface area contributed by atoms with Crippen molar-refractivity contribution in [2.45, 2.75) is 225 Å². The van der Waals surface area contributed by atoms with Gasteiger partial charge in [-0.15, -0.1) is 0 Å². The van der Waals surface area contributed by atoms with Crippen molar-refractivity contribution in [3.05, 3.63) is 134 Å². The van der Waals surface area contributed by atoms with Gasteiger partial charge < -0.3 is 18.9 Å². The van der Waals surface area contributed by atoms with Crippen LogP contribution in [0.2, 0.25) is 0 Å². The minimum Gasteiger partial charge on any atom is -0.462 e. The summed E-state index contributed by atoms with van der Waals surface area (Å²) < 4.78 is 34.5. The summed E-state index contributed by atoms with van der Waals surface area (Å²) in [5.41, 5.74) is 0. The molecule has 9 nitrogen and oxygen atoms in total. The number of quaternary nitrogens is 1. The molecule has 0 fully saturated rings. The van der Waals surface area contributed by atoms with E-state index in [-0.39, 0.29) is 32.0 Å². The van der Waals surface area contributed by atoms with Crippen LogP contribution in [-0.4, -0.2) is 74.9 Å². The van der Waals surface area contributed by atoms with Crippen molar-refractivity contribution in [1.82, 2.24) is 0 Å². The Kier molecular flexibility index (Phi) is 53.1. The van der Waals surface area contributed by atoms with Crippen molar-refractivity contribution in [3.8, 4) is 0 Å². The van der Waals surface area contributed by atoms with Crippen LogP contribution in [0.25, 0.3) is 0 Å². The van der Waals surface area contributed by atoms with Crippen LogP contribution in [0.3, 0.4) is 0 Å². The van der Waals surface area contributed by atoms with Crippen molar-refractivity contribution in [2.75, 3.05) is 47.5 Å². The van der Waals surface area contributed by atoms with Crippen LogP contribution in [0.5, 0.6) is 0 Å². The summed E-state index contributed by atoms with van der Waals surface area (Å²) in [6.07, 6.45) is 81.0. The quantitative estimate of drug-likeness (QED) is 0.0211. The summed E-state index contributed by atoms with van der Waals surface area (Å²) in [5.74, 6) is -0.829. The number of esters is 2. The largest absolute Gasteiger partial charge is 0.472 e. The van der Waals surface area contributed by atoms with Crippen molar-refractivity contribution < 1.29 is 42.1 Å². The maximum atomic E-state index is 12.8. The maximum Gasteiger partial charge on any atom is 0.472 e. The number of phosphoric ester groups is 1. The Labute approximate surface area is 466 Å². The van der Waals surface area contributed by atoms with Crippen LogP contribution in [0.15, 0.2) is 134 Å². The van der Waals surface area contributed by atoms with Gasteiger partial charge in [-0.25, -0.2) is 4.57 Å². The number of hydrogen-bond acceptors (Lipinski definition) is 7. The zero-order chi connectivity index (χ0) is 55.6. The molecule has 0 aromatic heterocycles. The van der Waals surface area contributed by atoms with Gasteiger partial charge in [-0.05, 0) is 116 Å². The van der Waals surface area contributed by atoms with Gasteiger partial charge >= 0.3 is 19.8 Å². The van der Waals surface area contributed by atoms with E-state index in [4.69, 9.17) is 18.5 Å². The molecule has 0 spiro atoms. The average Bonchev–Trinajstić information content (AvgIpc) is 3.38. The third kappa shape index (κ3) is 59.4. The van der Waals surface area contributed by atoms with E-state index in [0.29, 0.717) is 23.9 Å². The molecule has 0 aromatic rings. The van der Waals surface area contributed by atoms with E-state index >= 15 is 0 Å².